The molecule has 1 aromatic heterocycles. The van der Waals surface area contributed by atoms with Crippen LogP contribution in [0.4, 0.5) is 11.5 Å². The van der Waals surface area contributed by atoms with Crippen molar-refractivity contribution < 1.29 is 14.6 Å². The van der Waals surface area contributed by atoms with Crippen molar-refractivity contribution in [3.63, 3.8) is 0 Å². The fourth-order valence-corrected chi connectivity index (χ4v) is 1.94. The zero-order valence-electron chi connectivity index (χ0n) is 11.8. The number of aromatic nitrogens is 1. The van der Waals surface area contributed by atoms with E-state index in [0.717, 1.165) is 12.8 Å². The molecule has 6 nitrogen and oxygen atoms in total. The summed E-state index contributed by atoms with van der Waals surface area (Å²) in [6.07, 6.45) is 2.93. The number of pyridine rings is 1. The molecule has 3 N–H and O–H groups in total. The number of nitrogens with one attached hydrogen (secondary N) is 2. The van der Waals surface area contributed by atoms with Gasteiger partial charge in [0, 0.05) is 6.61 Å². The van der Waals surface area contributed by atoms with Crippen LogP contribution < -0.4 is 10.6 Å². The number of nitrogens with zero attached hydrogens (tertiary/aromatic N) is 1. The van der Waals surface area contributed by atoms with E-state index in [1.54, 1.807) is 18.3 Å². The highest BCUT2D eigenvalue weighted by Crippen LogP contribution is 2.17. The third-order valence-corrected chi connectivity index (χ3v) is 3.11. The van der Waals surface area contributed by atoms with Gasteiger partial charge in [-0.3, -0.25) is 4.79 Å². The number of anilines is 2. The standard InChI is InChI=1S/C14H21N3O3/c1-14(2,9-18)17-12-6-5-10(8-15-12)16-13(19)11-4-3-7-20-11/h5-6,8,11,18H,3-4,7,9H2,1-2H3,(H,15,17)(H,16,19). The lowest BCUT2D eigenvalue weighted by Gasteiger charge is -2.24. The number of carbonyl (C=O) groups excluding carboxylic acids is 1. The van der Waals surface area contributed by atoms with E-state index in [9.17, 15) is 9.90 Å². The molecule has 0 aliphatic carbocycles. The highest BCUT2D eigenvalue weighted by Gasteiger charge is 2.23. The molecule has 0 radical (unpaired) electrons. The molecule has 6 heteroatoms. The summed E-state index contributed by atoms with van der Waals surface area (Å²) in [5.74, 6) is 0.528. The summed E-state index contributed by atoms with van der Waals surface area (Å²) in [5, 5.41) is 15.1. The molecule has 0 spiro atoms. The van der Waals surface area contributed by atoms with Crippen molar-refractivity contribution >= 4 is 17.4 Å². The second-order valence-corrected chi connectivity index (χ2v) is 5.59. The minimum absolute atomic E-state index is 0.00614. The quantitative estimate of drug-likeness (QED) is 0.758. The topological polar surface area (TPSA) is 83.5 Å². The molecule has 1 saturated heterocycles. The van der Waals surface area contributed by atoms with Gasteiger partial charge < -0.3 is 20.5 Å². The maximum atomic E-state index is 11.9. The van der Waals surface area contributed by atoms with Crippen LogP contribution >= 0.6 is 0 Å². The van der Waals surface area contributed by atoms with Gasteiger partial charge in [0.05, 0.1) is 24.0 Å². The zero-order valence-corrected chi connectivity index (χ0v) is 11.8. The van der Waals surface area contributed by atoms with Crippen molar-refractivity contribution in [3.05, 3.63) is 18.3 Å². The molecule has 110 valence electrons. The minimum Gasteiger partial charge on any atom is -0.394 e. The van der Waals surface area contributed by atoms with Gasteiger partial charge in [-0.25, -0.2) is 4.98 Å². The minimum atomic E-state index is -0.435. The number of amides is 1. The molecular weight excluding hydrogens is 258 g/mol. The zero-order chi connectivity index (χ0) is 14.6. The first-order chi connectivity index (χ1) is 9.50. The first-order valence-electron chi connectivity index (χ1n) is 6.78. The van der Waals surface area contributed by atoms with Gasteiger partial charge in [0.15, 0.2) is 0 Å². The number of rotatable bonds is 5. The van der Waals surface area contributed by atoms with Gasteiger partial charge in [-0.15, -0.1) is 0 Å². The number of carbonyl (C=O) groups is 1. The number of aliphatic hydroxyl groups is 1. The summed E-state index contributed by atoms with van der Waals surface area (Å²) in [5.41, 5.74) is 0.202. The number of hydrogen-bond acceptors (Lipinski definition) is 5. The number of hydrogen-bond donors (Lipinski definition) is 3. The number of ether oxygens (including phenoxy) is 1. The molecule has 0 bridgehead atoms. The Morgan fingerprint density at radius 2 is 2.35 bits per heavy atom. The summed E-state index contributed by atoms with van der Waals surface area (Å²) in [6.45, 7) is 4.41. The summed E-state index contributed by atoms with van der Waals surface area (Å²) >= 11 is 0. The normalized spacial score (nSPS) is 18.9. The van der Waals surface area contributed by atoms with Crippen LogP contribution in [0.5, 0.6) is 0 Å². The van der Waals surface area contributed by atoms with E-state index in [4.69, 9.17) is 4.74 Å². The van der Waals surface area contributed by atoms with Crippen LogP contribution in [0.3, 0.4) is 0 Å². The van der Waals surface area contributed by atoms with Crippen LogP contribution in [-0.2, 0) is 9.53 Å². The largest absolute Gasteiger partial charge is 0.394 e. The van der Waals surface area contributed by atoms with Gasteiger partial charge in [-0.05, 0) is 38.8 Å². The first kappa shape index (κ1) is 14.7. The lowest BCUT2D eigenvalue weighted by molar-refractivity contribution is -0.124. The third kappa shape index (κ3) is 3.91. The lowest BCUT2D eigenvalue weighted by Crippen LogP contribution is -2.35. The van der Waals surface area contributed by atoms with Crippen molar-refractivity contribution in [2.75, 3.05) is 23.8 Å². The molecule has 20 heavy (non-hydrogen) atoms. The van der Waals surface area contributed by atoms with Crippen LogP contribution in [0.25, 0.3) is 0 Å². The maximum Gasteiger partial charge on any atom is 0.253 e. The van der Waals surface area contributed by atoms with Crippen molar-refractivity contribution in [3.8, 4) is 0 Å². The Kier molecular flexibility index (Phi) is 4.57. The Balaban J connectivity index is 1.92. The Bertz CT molecular complexity index is 453. The Morgan fingerprint density at radius 3 is 2.90 bits per heavy atom. The maximum absolute atomic E-state index is 11.9. The van der Waals surface area contributed by atoms with Gasteiger partial charge in [0.2, 0.25) is 0 Å². The van der Waals surface area contributed by atoms with Gasteiger partial charge in [-0.1, -0.05) is 0 Å². The van der Waals surface area contributed by atoms with E-state index >= 15 is 0 Å². The van der Waals surface area contributed by atoms with Crippen LogP contribution in [0.2, 0.25) is 0 Å². The van der Waals surface area contributed by atoms with Gasteiger partial charge in [-0.2, -0.15) is 0 Å². The predicted molar refractivity (Wildman–Crippen MR) is 76.6 cm³/mol. The summed E-state index contributed by atoms with van der Waals surface area (Å²) in [6, 6.07) is 3.54. The average molecular weight is 279 g/mol. The second-order valence-electron chi connectivity index (χ2n) is 5.59. The van der Waals surface area contributed by atoms with Crippen molar-refractivity contribution in [2.45, 2.75) is 38.3 Å². The average Bonchev–Trinajstić information content (AvgIpc) is 2.95. The summed E-state index contributed by atoms with van der Waals surface area (Å²) in [7, 11) is 0. The molecule has 0 saturated carbocycles. The second kappa shape index (κ2) is 6.19. The fourth-order valence-electron chi connectivity index (χ4n) is 1.94. The van der Waals surface area contributed by atoms with E-state index in [2.05, 4.69) is 15.6 Å². The molecule has 1 unspecified atom stereocenters. The highest BCUT2D eigenvalue weighted by atomic mass is 16.5. The molecular formula is C14H21N3O3. The van der Waals surface area contributed by atoms with E-state index in [-0.39, 0.29) is 18.6 Å². The van der Waals surface area contributed by atoms with Crippen molar-refractivity contribution in [1.82, 2.24) is 4.98 Å². The molecule has 1 aliphatic heterocycles. The SMILES string of the molecule is CC(C)(CO)Nc1ccc(NC(=O)C2CCCO2)cn1. The monoisotopic (exact) mass is 279 g/mol. The van der Waals surface area contributed by atoms with E-state index in [1.165, 1.54) is 0 Å². The Hall–Kier alpha value is -1.66. The third-order valence-electron chi connectivity index (χ3n) is 3.11. The number of aliphatic hydroxyl groups excluding tert-OH is 1. The smallest absolute Gasteiger partial charge is 0.253 e. The predicted octanol–water partition coefficient (Wildman–Crippen LogP) is 1.38. The molecule has 1 aromatic rings. The van der Waals surface area contributed by atoms with Crippen molar-refractivity contribution in [2.24, 2.45) is 0 Å². The molecule has 2 rings (SSSR count). The highest BCUT2D eigenvalue weighted by molar-refractivity contribution is 5.94. The van der Waals surface area contributed by atoms with Gasteiger partial charge >= 0.3 is 0 Å². The van der Waals surface area contributed by atoms with Crippen LogP contribution in [0.15, 0.2) is 18.3 Å². The summed E-state index contributed by atoms with van der Waals surface area (Å²) in [4.78, 5) is 16.1. The van der Waals surface area contributed by atoms with Crippen LogP contribution in [-0.4, -0.2) is 40.9 Å². The van der Waals surface area contributed by atoms with E-state index < -0.39 is 5.54 Å². The Labute approximate surface area is 118 Å². The molecule has 1 aliphatic rings. The molecule has 1 fully saturated rings. The van der Waals surface area contributed by atoms with Crippen LogP contribution in [0, 0.1) is 0 Å². The van der Waals surface area contributed by atoms with E-state index in [1.807, 2.05) is 13.8 Å². The molecule has 0 aromatic carbocycles. The molecule has 1 atom stereocenters. The molecule has 2 heterocycles. The lowest BCUT2D eigenvalue weighted by atomic mass is 10.1. The van der Waals surface area contributed by atoms with Crippen molar-refractivity contribution in [1.29, 1.82) is 0 Å². The van der Waals surface area contributed by atoms with Crippen LogP contribution in [0.1, 0.15) is 26.7 Å². The van der Waals surface area contributed by atoms with Gasteiger partial charge in [0.1, 0.15) is 11.9 Å². The Morgan fingerprint density at radius 1 is 1.55 bits per heavy atom. The van der Waals surface area contributed by atoms with Gasteiger partial charge in [0.25, 0.3) is 5.91 Å². The summed E-state index contributed by atoms with van der Waals surface area (Å²) < 4.78 is 5.32. The van der Waals surface area contributed by atoms with E-state index in [0.29, 0.717) is 18.1 Å². The fraction of sp³-hybridized carbons (Fsp3) is 0.571. The first-order valence-corrected chi connectivity index (χ1v) is 6.78. The molecule has 1 amide bonds.